The van der Waals surface area contributed by atoms with E-state index in [2.05, 4.69) is 48.8 Å². The van der Waals surface area contributed by atoms with Gasteiger partial charge in [-0.05, 0) is 53.8 Å². The fourth-order valence-electron chi connectivity index (χ4n) is 2.49. The van der Waals surface area contributed by atoms with E-state index in [1.165, 1.54) is 11.1 Å². The molecule has 0 amide bonds. The molecule has 2 nitrogen and oxygen atoms in total. The van der Waals surface area contributed by atoms with Gasteiger partial charge < -0.3 is 10.5 Å². The van der Waals surface area contributed by atoms with Crippen LogP contribution in [0.2, 0.25) is 0 Å². The molecule has 0 heterocycles. The quantitative estimate of drug-likeness (QED) is 0.829. The molecule has 0 aliphatic carbocycles. The minimum Gasteiger partial charge on any atom is -0.484 e. The third-order valence-corrected chi connectivity index (χ3v) is 4.07. The Hall–Kier alpha value is -1.32. The number of hydrogen-bond donors (Lipinski definition) is 1. The summed E-state index contributed by atoms with van der Waals surface area (Å²) in [5.41, 5.74) is 9.57. The zero-order chi connectivity index (χ0) is 15.4. The predicted octanol–water partition coefficient (Wildman–Crippen LogP) is 4.96. The van der Waals surface area contributed by atoms with Crippen molar-refractivity contribution in [2.24, 2.45) is 5.73 Å². The second-order valence-corrected chi connectivity index (χ2v) is 6.49. The summed E-state index contributed by atoms with van der Waals surface area (Å²) < 4.78 is 7.11. The van der Waals surface area contributed by atoms with E-state index in [0.29, 0.717) is 12.5 Å². The molecular weight excluding hydrogens is 326 g/mol. The monoisotopic (exact) mass is 347 g/mol. The SMILES string of the molecule is Cc1cc(OC(CN)c2cccc(Br)c2)ccc1C(C)C. The first kappa shape index (κ1) is 16.1. The van der Waals surface area contributed by atoms with Crippen LogP contribution in [0.15, 0.2) is 46.9 Å². The second-order valence-electron chi connectivity index (χ2n) is 5.57. The lowest BCUT2D eigenvalue weighted by molar-refractivity contribution is 0.214. The Morgan fingerprint density at radius 3 is 2.48 bits per heavy atom. The summed E-state index contributed by atoms with van der Waals surface area (Å²) in [6.45, 7) is 6.97. The number of nitrogens with two attached hydrogens (primary N) is 1. The van der Waals surface area contributed by atoms with Crippen LogP contribution in [0.1, 0.15) is 42.6 Å². The van der Waals surface area contributed by atoms with Crippen molar-refractivity contribution in [3.63, 3.8) is 0 Å². The second kappa shape index (κ2) is 7.10. The molecule has 2 aromatic rings. The van der Waals surface area contributed by atoms with Gasteiger partial charge in [0.05, 0.1) is 0 Å². The van der Waals surface area contributed by atoms with Crippen LogP contribution in [0, 0.1) is 6.92 Å². The third kappa shape index (κ3) is 4.08. The smallest absolute Gasteiger partial charge is 0.136 e. The third-order valence-electron chi connectivity index (χ3n) is 3.58. The topological polar surface area (TPSA) is 35.2 Å². The molecule has 0 spiro atoms. The van der Waals surface area contributed by atoms with E-state index < -0.39 is 0 Å². The molecule has 3 heteroatoms. The van der Waals surface area contributed by atoms with Crippen molar-refractivity contribution in [2.45, 2.75) is 32.8 Å². The minimum atomic E-state index is -0.133. The summed E-state index contributed by atoms with van der Waals surface area (Å²) in [6.07, 6.45) is -0.133. The molecule has 1 unspecified atom stereocenters. The molecule has 0 bridgehead atoms. The van der Waals surface area contributed by atoms with Crippen LogP contribution in [0.25, 0.3) is 0 Å². The van der Waals surface area contributed by atoms with Gasteiger partial charge in [-0.25, -0.2) is 0 Å². The standard InChI is InChI=1S/C18H22BrNO/c1-12(2)17-8-7-16(9-13(17)3)21-18(11-20)14-5-4-6-15(19)10-14/h4-10,12,18H,11,20H2,1-3H3. The first-order valence-electron chi connectivity index (χ1n) is 7.24. The molecule has 2 aromatic carbocycles. The van der Waals surface area contributed by atoms with Crippen LogP contribution in [0.3, 0.4) is 0 Å². The zero-order valence-electron chi connectivity index (χ0n) is 12.8. The van der Waals surface area contributed by atoms with Gasteiger partial charge in [0.25, 0.3) is 0 Å². The number of hydrogen-bond acceptors (Lipinski definition) is 2. The zero-order valence-corrected chi connectivity index (χ0v) is 14.4. The van der Waals surface area contributed by atoms with Gasteiger partial charge in [-0.15, -0.1) is 0 Å². The fourth-order valence-corrected chi connectivity index (χ4v) is 2.91. The lowest BCUT2D eigenvalue weighted by Crippen LogP contribution is -2.18. The van der Waals surface area contributed by atoms with E-state index in [1.807, 2.05) is 30.3 Å². The van der Waals surface area contributed by atoms with Crippen molar-refractivity contribution in [2.75, 3.05) is 6.54 Å². The molecule has 0 saturated carbocycles. The molecule has 0 saturated heterocycles. The molecule has 2 rings (SSSR count). The first-order valence-corrected chi connectivity index (χ1v) is 8.03. The summed E-state index contributed by atoms with van der Waals surface area (Å²) in [4.78, 5) is 0. The largest absolute Gasteiger partial charge is 0.484 e. The molecule has 0 aliphatic heterocycles. The van der Waals surface area contributed by atoms with Crippen LogP contribution in [0.5, 0.6) is 5.75 Å². The van der Waals surface area contributed by atoms with E-state index in [-0.39, 0.29) is 6.10 Å². The van der Waals surface area contributed by atoms with E-state index in [0.717, 1.165) is 15.8 Å². The molecular formula is C18H22BrNO. The maximum absolute atomic E-state index is 6.07. The van der Waals surface area contributed by atoms with Crippen LogP contribution in [-0.2, 0) is 0 Å². The van der Waals surface area contributed by atoms with Gasteiger partial charge in [-0.1, -0.05) is 48.0 Å². The van der Waals surface area contributed by atoms with Crippen molar-refractivity contribution in [3.8, 4) is 5.75 Å². The van der Waals surface area contributed by atoms with E-state index in [1.54, 1.807) is 0 Å². The Balaban J connectivity index is 2.21. The summed E-state index contributed by atoms with van der Waals surface area (Å²) >= 11 is 3.49. The lowest BCUT2D eigenvalue weighted by atomic mass is 9.98. The Morgan fingerprint density at radius 1 is 1.14 bits per heavy atom. The van der Waals surface area contributed by atoms with Crippen LogP contribution in [-0.4, -0.2) is 6.54 Å². The van der Waals surface area contributed by atoms with Crippen molar-refractivity contribution < 1.29 is 4.74 Å². The summed E-state index contributed by atoms with van der Waals surface area (Å²) in [7, 11) is 0. The number of rotatable bonds is 5. The van der Waals surface area contributed by atoms with Crippen LogP contribution >= 0.6 is 15.9 Å². The average Bonchev–Trinajstić information content (AvgIpc) is 2.44. The highest BCUT2D eigenvalue weighted by atomic mass is 79.9. The molecule has 0 fully saturated rings. The van der Waals surface area contributed by atoms with Gasteiger partial charge in [-0.3, -0.25) is 0 Å². The Bertz CT molecular complexity index is 610. The summed E-state index contributed by atoms with van der Waals surface area (Å²) in [6, 6.07) is 14.4. The maximum Gasteiger partial charge on any atom is 0.136 e. The Morgan fingerprint density at radius 2 is 1.90 bits per heavy atom. The van der Waals surface area contributed by atoms with E-state index >= 15 is 0 Å². The molecule has 0 aromatic heterocycles. The lowest BCUT2D eigenvalue weighted by Gasteiger charge is -2.19. The minimum absolute atomic E-state index is 0.133. The van der Waals surface area contributed by atoms with Gasteiger partial charge >= 0.3 is 0 Å². The number of halogens is 1. The number of benzene rings is 2. The van der Waals surface area contributed by atoms with Crippen LogP contribution in [0.4, 0.5) is 0 Å². The highest BCUT2D eigenvalue weighted by Crippen LogP contribution is 2.27. The van der Waals surface area contributed by atoms with Crippen molar-refractivity contribution >= 4 is 15.9 Å². The summed E-state index contributed by atoms with van der Waals surface area (Å²) in [5.74, 6) is 1.39. The normalized spacial score (nSPS) is 12.5. The molecule has 112 valence electrons. The van der Waals surface area contributed by atoms with Gasteiger partial charge in [0.1, 0.15) is 11.9 Å². The Labute approximate surface area is 135 Å². The van der Waals surface area contributed by atoms with Gasteiger partial charge in [-0.2, -0.15) is 0 Å². The van der Waals surface area contributed by atoms with E-state index in [4.69, 9.17) is 10.5 Å². The van der Waals surface area contributed by atoms with E-state index in [9.17, 15) is 0 Å². The van der Waals surface area contributed by atoms with Crippen molar-refractivity contribution in [1.82, 2.24) is 0 Å². The molecule has 2 N–H and O–H groups in total. The molecule has 21 heavy (non-hydrogen) atoms. The Kier molecular flexibility index (Phi) is 5.43. The highest BCUT2D eigenvalue weighted by molar-refractivity contribution is 9.10. The molecule has 0 aliphatic rings. The van der Waals surface area contributed by atoms with Gasteiger partial charge in [0.15, 0.2) is 0 Å². The fraction of sp³-hybridized carbons (Fsp3) is 0.333. The predicted molar refractivity (Wildman–Crippen MR) is 91.8 cm³/mol. The average molecular weight is 348 g/mol. The van der Waals surface area contributed by atoms with Crippen LogP contribution < -0.4 is 10.5 Å². The highest BCUT2D eigenvalue weighted by Gasteiger charge is 2.13. The first-order chi connectivity index (χ1) is 10.0. The number of aryl methyl sites for hydroxylation is 1. The molecule has 1 atom stereocenters. The summed E-state index contributed by atoms with van der Waals surface area (Å²) in [5, 5.41) is 0. The molecule has 0 radical (unpaired) electrons. The van der Waals surface area contributed by atoms with Crippen molar-refractivity contribution in [1.29, 1.82) is 0 Å². The van der Waals surface area contributed by atoms with Gasteiger partial charge in [0, 0.05) is 11.0 Å². The number of ether oxygens (including phenoxy) is 1. The van der Waals surface area contributed by atoms with Gasteiger partial charge in [0.2, 0.25) is 0 Å². The maximum atomic E-state index is 6.07. The van der Waals surface area contributed by atoms with Crippen molar-refractivity contribution in [3.05, 3.63) is 63.6 Å².